The van der Waals surface area contributed by atoms with Gasteiger partial charge in [-0.3, -0.25) is 4.84 Å². The minimum Gasteiger partial charge on any atom is -0.300 e. The highest BCUT2D eigenvalue weighted by molar-refractivity contribution is 5.32. The van der Waals surface area contributed by atoms with Gasteiger partial charge in [0.25, 0.3) is 0 Å². The van der Waals surface area contributed by atoms with Gasteiger partial charge in [0, 0.05) is 0 Å². The predicted octanol–water partition coefficient (Wildman–Crippen LogP) is 2.40. The number of aryl methyl sites for hydroxylation is 1. The summed E-state index contributed by atoms with van der Waals surface area (Å²) in [6, 6.07) is 4.00. The van der Waals surface area contributed by atoms with E-state index in [-0.39, 0.29) is 12.2 Å². The smallest absolute Gasteiger partial charge is 0.300 e. The molecule has 0 fully saturated rings. The van der Waals surface area contributed by atoms with Gasteiger partial charge < -0.3 is 0 Å². The van der Waals surface area contributed by atoms with Gasteiger partial charge >= 0.3 is 6.18 Å². The standard InChI is InChI=1S/C9H10F3NO/c1-6-2-3-7(5-14-13)4-8(6)9(10,11)12/h2-4H,5,13H2,1H3. The summed E-state index contributed by atoms with van der Waals surface area (Å²) < 4.78 is 37.2. The highest BCUT2D eigenvalue weighted by Crippen LogP contribution is 2.32. The Morgan fingerprint density at radius 3 is 2.50 bits per heavy atom. The maximum atomic E-state index is 12.4. The molecule has 0 aliphatic carbocycles. The average molecular weight is 205 g/mol. The van der Waals surface area contributed by atoms with Crippen LogP contribution in [0.2, 0.25) is 0 Å². The van der Waals surface area contributed by atoms with Crippen molar-refractivity contribution in [3.05, 3.63) is 34.9 Å². The number of benzene rings is 1. The van der Waals surface area contributed by atoms with Crippen LogP contribution in [-0.4, -0.2) is 0 Å². The van der Waals surface area contributed by atoms with Crippen LogP contribution in [0, 0.1) is 6.92 Å². The van der Waals surface area contributed by atoms with Gasteiger partial charge in [0.2, 0.25) is 0 Å². The lowest BCUT2D eigenvalue weighted by Crippen LogP contribution is -2.09. The first-order chi connectivity index (χ1) is 6.45. The van der Waals surface area contributed by atoms with Gasteiger partial charge in [-0.05, 0) is 24.1 Å². The number of nitrogens with two attached hydrogens (primary N) is 1. The Labute approximate surface area is 79.4 Å². The van der Waals surface area contributed by atoms with Crippen LogP contribution >= 0.6 is 0 Å². The molecule has 14 heavy (non-hydrogen) atoms. The van der Waals surface area contributed by atoms with Crippen molar-refractivity contribution in [1.29, 1.82) is 0 Å². The van der Waals surface area contributed by atoms with Gasteiger partial charge in [-0.1, -0.05) is 12.1 Å². The fraction of sp³-hybridized carbons (Fsp3) is 0.333. The lowest BCUT2D eigenvalue weighted by Gasteiger charge is -2.11. The summed E-state index contributed by atoms with van der Waals surface area (Å²) in [5.74, 6) is 4.78. The molecule has 2 N–H and O–H groups in total. The number of halogens is 3. The summed E-state index contributed by atoms with van der Waals surface area (Å²) >= 11 is 0. The minimum atomic E-state index is -4.32. The molecule has 78 valence electrons. The molecule has 0 aromatic heterocycles. The molecule has 0 heterocycles. The quantitative estimate of drug-likeness (QED) is 0.752. The molecule has 1 aromatic carbocycles. The molecule has 0 spiro atoms. The van der Waals surface area contributed by atoms with Gasteiger partial charge in [-0.15, -0.1) is 0 Å². The van der Waals surface area contributed by atoms with E-state index in [1.54, 1.807) is 6.07 Å². The Bertz CT molecular complexity index is 322. The number of rotatable bonds is 2. The molecule has 0 amide bonds. The average Bonchev–Trinajstić information content (AvgIpc) is 2.07. The van der Waals surface area contributed by atoms with Gasteiger partial charge in [0.15, 0.2) is 0 Å². The molecule has 2 nitrogen and oxygen atoms in total. The van der Waals surface area contributed by atoms with Crippen LogP contribution in [0.4, 0.5) is 13.2 Å². The molecule has 0 atom stereocenters. The number of hydrogen-bond donors (Lipinski definition) is 1. The van der Waals surface area contributed by atoms with Crippen molar-refractivity contribution in [1.82, 2.24) is 0 Å². The molecule has 0 unspecified atom stereocenters. The Morgan fingerprint density at radius 1 is 1.36 bits per heavy atom. The van der Waals surface area contributed by atoms with Crippen LogP contribution in [0.15, 0.2) is 18.2 Å². The van der Waals surface area contributed by atoms with E-state index >= 15 is 0 Å². The fourth-order valence-electron chi connectivity index (χ4n) is 1.16. The molecule has 1 rings (SSSR count). The largest absolute Gasteiger partial charge is 0.416 e. The first kappa shape index (κ1) is 11.0. The van der Waals surface area contributed by atoms with Crippen molar-refractivity contribution in [3.63, 3.8) is 0 Å². The van der Waals surface area contributed by atoms with Crippen molar-refractivity contribution in [2.45, 2.75) is 19.7 Å². The second-order valence-electron chi connectivity index (χ2n) is 2.96. The van der Waals surface area contributed by atoms with Gasteiger partial charge in [0.05, 0.1) is 12.2 Å². The minimum absolute atomic E-state index is 0.0244. The van der Waals surface area contributed by atoms with Crippen LogP contribution in [0.5, 0.6) is 0 Å². The zero-order valence-electron chi connectivity index (χ0n) is 7.56. The first-order valence-electron chi connectivity index (χ1n) is 3.93. The second-order valence-corrected chi connectivity index (χ2v) is 2.96. The topological polar surface area (TPSA) is 35.2 Å². The summed E-state index contributed by atoms with van der Waals surface area (Å²) in [4.78, 5) is 4.27. The highest BCUT2D eigenvalue weighted by atomic mass is 19.4. The SMILES string of the molecule is Cc1ccc(CON)cc1C(F)(F)F. The summed E-state index contributed by atoms with van der Waals surface area (Å²) in [5, 5.41) is 0. The molecule has 0 saturated heterocycles. The van der Waals surface area contributed by atoms with E-state index in [4.69, 9.17) is 5.90 Å². The molecule has 0 bridgehead atoms. The molecular weight excluding hydrogens is 195 g/mol. The van der Waals surface area contributed by atoms with E-state index in [0.717, 1.165) is 6.07 Å². The lowest BCUT2D eigenvalue weighted by molar-refractivity contribution is -0.138. The van der Waals surface area contributed by atoms with Gasteiger partial charge in [-0.25, -0.2) is 5.90 Å². The molecule has 0 saturated carbocycles. The summed E-state index contributed by atoms with van der Waals surface area (Å²) in [5.41, 5.74) is -0.0456. The van der Waals surface area contributed by atoms with Crippen molar-refractivity contribution in [2.75, 3.05) is 0 Å². The van der Waals surface area contributed by atoms with E-state index in [9.17, 15) is 13.2 Å². The molecular formula is C9H10F3NO. The van der Waals surface area contributed by atoms with Crippen molar-refractivity contribution in [2.24, 2.45) is 5.90 Å². The number of alkyl halides is 3. The van der Waals surface area contributed by atoms with Crippen molar-refractivity contribution < 1.29 is 18.0 Å². The van der Waals surface area contributed by atoms with Crippen LogP contribution < -0.4 is 5.90 Å². The molecule has 0 aliphatic rings. The Kier molecular flexibility index (Phi) is 3.13. The zero-order chi connectivity index (χ0) is 10.8. The Hall–Kier alpha value is -1.07. The van der Waals surface area contributed by atoms with Crippen LogP contribution in [0.3, 0.4) is 0 Å². The van der Waals surface area contributed by atoms with E-state index < -0.39 is 11.7 Å². The van der Waals surface area contributed by atoms with Crippen LogP contribution in [0.1, 0.15) is 16.7 Å². The molecule has 0 radical (unpaired) electrons. The molecule has 1 aromatic rings. The molecule has 5 heteroatoms. The van der Waals surface area contributed by atoms with Gasteiger partial charge in [-0.2, -0.15) is 13.2 Å². The van der Waals surface area contributed by atoms with Crippen LogP contribution in [0.25, 0.3) is 0 Å². The lowest BCUT2D eigenvalue weighted by atomic mass is 10.1. The predicted molar refractivity (Wildman–Crippen MR) is 45.2 cm³/mol. The third-order valence-electron chi connectivity index (χ3n) is 1.86. The second kappa shape index (κ2) is 3.98. The maximum absolute atomic E-state index is 12.4. The van der Waals surface area contributed by atoms with E-state index in [1.807, 2.05) is 0 Å². The van der Waals surface area contributed by atoms with E-state index in [0.29, 0.717) is 5.56 Å². The normalized spacial score (nSPS) is 11.8. The fourth-order valence-corrected chi connectivity index (χ4v) is 1.16. The van der Waals surface area contributed by atoms with Crippen LogP contribution in [-0.2, 0) is 17.6 Å². The summed E-state index contributed by atoms with van der Waals surface area (Å²) in [7, 11) is 0. The Balaban J connectivity index is 3.09. The van der Waals surface area contributed by atoms with E-state index in [2.05, 4.69) is 4.84 Å². The van der Waals surface area contributed by atoms with E-state index in [1.165, 1.54) is 13.0 Å². The first-order valence-corrected chi connectivity index (χ1v) is 3.93. The zero-order valence-corrected chi connectivity index (χ0v) is 7.56. The van der Waals surface area contributed by atoms with Crippen molar-refractivity contribution in [3.8, 4) is 0 Å². The number of hydrogen-bond acceptors (Lipinski definition) is 2. The monoisotopic (exact) mass is 205 g/mol. The summed E-state index contributed by atoms with van der Waals surface area (Å²) in [6.45, 7) is 1.39. The van der Waals surface area contributed by atoms with Crippen molar-refractivity contribution >= 4 is 0 Å². The maximum Gasteiger partial charge on any atom is 0.416 e. The summed E-state index contributed by atoms with van der Waals surface area (Å²) in [6.07, 6.45) is -4.32. The highest BCUT2D eigenvalue weighted by Gasteiger charge is 2.32. The Morgan fingerprint density at radius 2 is 2.00 bits per heavy atom. The third-order valence-corrected chi connectivity index (χ3v) is 1.86. The molecule has 0 aliphatic heterocycles. The van der Waals surface area contributed by atoms with Gasteiger partial charge in [0.1, 0.15) is 0 Å². The third kappa shape index (κ3) is 2.46.